The molecule has 0 bridgehead atoms. The van der Waals surface area contributed by atoms with Crippen LogP contribution in [0.15, 0.2) is 30.3 Å². The molecule has 0 radical (unpaired) electrons. The molecule has 7 heteroatoms. The van der Waals surface area contributed by atoms with Gasteiger partial charge in [0.15, 0.2) is 0 Å². The Balaban J connectivity index is 1.83. The normalized spacial score (nSPS) is 12.1. The second-order valence-electron chi connectivity index (χ2n) is 5.52. The molecule has 0 saturated heterocycles. The molecule has 0 aliphatic carbocycles. The van der Waals surface area contributed by atoms with Crippen LogP contribution in [0.5, 0.6) is 5.75 Å². The van der Waals surface area contributed by atoms with Crippen LogP contribution in [-0.4, -0.2) is 32.6 Å². The van der Waals surface area contributed by atoms with E-state index in [9.17, 15) is 9.59 Å². The van der Waals surface area contributed by atoms with Crippen molar-refractivity contribution < 1.29 is 19.1 Å². The summed E-state index contributed by atoms with van der Waals surface area (Å²) in [5.74, 6) is -0.138. The molecule has 0 saturated carbocycles. The topological polar surface area (TPSA) is 76.7 Å². The van der Waals surface area contributed by atoms with Crippen LogP contribution < -0.4 is 15.4 Å². The standard InChI is InChI=1S/C18H17ClN2O4/c1-24-16-8-10(7-15-13(16)5-6-20-15)17(22)21-11-3-4-12(14(19)9-11)18(23)25-2/h3-4,7-9,20H,5-6H2,1-2H3,(H,21,22). The van der Waals surface area contributed by atoms with Gasteiger partial charge in [-0.3, -0.25) is 4.79 Å². The maximum absolute atomic E-state index is 12.5. The van der Waals surface area contributed by atoms with Crippen LogP contribution in [0.4, 0.5) is 11.4 Å². The first-order valence-corrected chi connectivity index (χ1v) is 8.05. The van der Waals surface area contributed by atoms with E-state index in [1.807, 2.05) is 0 Å². The Bertz CT molecular complexity index is 851. The molecule has 0 spiro atoms. The number of nitrogens with one attached hydrogen (secondary N) is 2. The summed E-state index contributed by atoms with van der Waals surface area (Å²) < 4.78 is 10.0. The summed E-state index contributed by atoms with van der Waals surface area (Å²) in [6.07, 6.45) is 0.866. The summed E-state index contributed by atoms with van der Waals surface area (Å²) in [6, 6.07) is 8.12. The Morgan fingerprint density at radius 2 is 2.00 bits per heavy atom. The Labute approximate surface area is 150 Å². The van der Waals surface area contributed by atoms with Crippen molar-refractivity contribution in [1.82, 2.24) is 0 Å². The van der Waals surface area contributed by atoms with Gasteiger partial charge >= 0.3 is 5.97 Å². The summed E-state index contributed by atoms with van der Waals surface area (Å²) in [6.45, 7) is 0.821. The number of carbonyl (C=O) groups excluding carboxylic acids is 2. The van der Waals surface area contributed by atoms with Crippen LogP contribution in [0.2, 0.25) is 5.02 Å². The lowest BCUT2D eigenvalue weighted by Crippen LogP contribution is -2.13. The van der Waals surface area contributed by atoms with E-state index in [2.05, 4.69) is 15.4 Å². The third kappa shape index (κ3) is 3.39. The van der Waals surface area contributed by atoms with E-state index in [-0.39, 0.29) is 16.5 Å². The third-order valence-electron chi connectivity index (χ3n) is 4.01. The number of hydrogen-bond acceptors (Lipinski definition) is 5. The maximum Gasteiger partial charge on any atom is 0.339 e. The summed E-state index contributed by atoms with van der Waals surface area (Å²) >= 11 is 6.07. The highest BCUT2D eigenvalue weighted by atomic mass is 35.5. The van der Waals surface area contributed by atoms with Gasteiger partial charge in [0, 0.05) is 29.0 Å². The van der Waals surface area contributed by atoms with Gasteiger partial charge in [-0.05, 0) is 36.8 Å². The fourth-order valence-electron chi connectivity index (χ4n) is 2.77. The van der Waals surface area contributed by atoms with Gasteiger partial charge in [-0.15, -0.1) is 0 Å². The molecule has 1 amide bonds. The Kier molecular flexibility index (Phi) is 4.81. The summed E-state index contributed by atoms with van der Waals surface area (Å²) in [4.78, 5) is 24.1. The highest BCUT2D eigenvalue weighted by Gasteiger charge is 2.19. The van der Waals surface area contributed by atoms with Crippen LogP contribution in [-0.2, 0) is 11.2 Å². The highest BCUT2D eigenvalue weighted by molar-refractivity contribution is 6.34. The Morgan fingerprint density at radius 1 is 1.20 bits per heavy atom. The lowest BCUT2D eigenvalue weighted by Gasteiger charge is -2.11. The Hall–Kier alpha value is -2.73. The SMILES string of the molecule is COC(=O)c1ccc(NC(=O)c2cc3c(c(OC)c2)CCN3)cc1Cl. The molecule has 1 aliphatic rings. The predicted octanol–water partition coefficient (Wildman–Crippen LogP) is 3.36. The van der Waals surface area contributed by atoms with E-state index < -0.39 is 5.97 Å². The molecule has 2 aromatic rings. The lowest BCUT2D eigenvalue weighted by atomic mass is 10.1. The molecule has 2 N–H and O–H groups in total. The number of benzene rings is 2. The third-order valence-corrected chi connectivity index (χ3v) is 4.33. The fraction of sp³-hybridized carbons (Fsp3) is 0.222. The minimum Gasteiger partial charge on any atom is -0.496 e. The van der Waals surface area contributed by atoms with Crippen molar-refractivity contribution in [3.63, 3.8) is 0 Å². The molecule has 3 rings (SSSR count). The number of amides is 1. The van der Waals surface area contributed by atoms with Gasteiger partial charge in [0.05, 0.1) is 24.8 Å². The van der Waals surface area contributed by atoms with Crippen LogP contribution in [0.1, 0.15) is 26.3 Å². The molecular formula is C18H17ClN2O4. The van der Waals surface area contributed by atoms with Gasteiger partial charge in [0.2, 0.25) is 0 Å². The average molecular weight is 361 g/mol. The van der Waals surface area contributed by atoms with Crippen molar-refractivity contribution in [1.29, 1.82) is 0 Å². The minimum absolute atomic E-state index is 0.206. The van der Waals surface area contributed by atoms with Crippen LogP contribution in [0.3, 0.4) is 0 Å². The number of anilines is 2. The van der Waals surface area contributed by atoms with E-state index in [4.69, 9.17) is 16.3 Å². The quantitative estimate of drug-likeness (QED) is 0.818. The fourth-order valence-corrected chi connectivity index (χ4v) is 3.03. The molecule has 2 aromatic carbocycles. The van der Waals surface area contributed by atoms with Crippen molar-refractivity contribution in [2.75, 3.05) is 31.4 Å². The number of esters is 1. The molecule has 0 fully saturated rings. The van der Waals surface area contributed by atoms with Crippen molar-refractivity contribution in [3.05, 3.63) is 52.0 Å². The van der Waals surface area contributed by atoms with Crippen LogP contribution >= 0.6 is 11.6 Å². The number of rotatable bonds is 4. The number of ether oxygens (including phenoxy) is 2. The molecule has 0 aromatic heterocycles. The molecule has 0 atom stereocenters. The lowest BCUT2D eigenvalue weighted by molar-refractivity contribution is 0.0601. The van der Waals surface area contributed by atoms with E-state index in [0.29, 0.717) is 17.0 Å². The average Bonchev–Trinajstić information content (AvgIpc) is 3.09. The monoisotopic (exact) mass is 360 g/mol. The van der Waals surface area contributed by atoms with Gasteiger partial charge < -0.3 is 20.1 Å². The van der Waals surface area contributed by atoms with Crippen LogP contribution in [0.25, 0.3) is 0 Å². The Morgan fingerprint density at radius 3 is 2.68 bits per heavy atom. The summed E-state index contributed by atoms with van der Waals surface area (Å²) in [7, 11) is 2.87. The predicted molar refractivity (Wildman–Crippen MR) is 95.9 cm³/mol. The van der Waals surface area contributed by atoms with E-state index in [1.54, 1.807) is 25.3 Å². The zero-order valence-corrected chi connectivity index (χ0v) is 14.6. The molecule has 1 aliphatic heterocycles. The summed E-state index contributed by atoms with van der Waals surface area (Å²) in [5.41, 5.74) is 3.17. The first-order valence-electron chi connectivity index (χ1n) is 7.67. The van der Waals surface area contributed by atoms with Crippen molar-refractivity contribution in [2.45, 2.75) is 6.42 Å². The van der Waals surface area contributed by atoms with Gasteiger partial charge in [-0.1, -0.05) is 11.6 Å². The molecular weight excluding hydrogens is 344 g/mol. The van der Waals surface area contributed by atoms with Crippen molar-refractivity contribution in [3.8, 4) is 5.75 Å². The molecule has 0 unspecified atom stereocenters. The zero-order chi connectivity index (χ0) is 18.0. The minimum atomic E-state index is -0.530. The highest BCUT2D eigenvalue weighted by Crippen LogP contribution is 2.33. The second kappa shape index (κ2) is 7.03. The van der Waals surface area contributed by atoms with Crippen molar-refractivity contribution >= 4 is 34.9 Å². The van der Waals surface area contributed by atoms with Gasteiger partial charge in [0.25, 0.3) is 5.91 Å². The first kappa shape index (κ1) is 17.1. The van der Waals surface area contributed by atoms with E-state index in [1.165, 1.54) is 19.2 Å². The van der Waals surface area contributed by atoms with Crippen LogP contribution in [0, 0.1) is 0 Å². The first-order chi connectivity index (χ1) is 12.0. The van der Waals surface area contributed by atoms with Gasteiger partial charge in [-0.25, -0.2) is 4.79 Å². The maximum atomic E-state index is 12.5. The molecule has 1 heterocycles. The zero-order valence-electron chi connectivity index (χ0n) is 13.8. The summed E-state index contributed by atoms with van der Waals surface area (Å²) in [5, 5.41) is 6.21. The largest absolute Gasteiger partial charge is 0.496 e. The van der Waals surface area contributed by atoms with Crippen molar-refractivity contribution in [2.24, 2.45) is 0 Å². The smallest absolute Gasteiger partial charge is 0.339 e. The van der Waals surface area contributed by atoms with Gasteiger partial charge in [-0.2, -0.15) is 0 Å². The molecule has 130 valence electrons. The number of halogens is 1. The number of fused-ring (bicyclic) bond motifs is 1. The number of methoxy groups -OCH3 is 2. The number of hydrogen-bond donors (Lipinski definition) is 2. The second-order valence-corrected chi connectivity index (χ2v) is 5.93. The van der Waals surface area contributed by atoms with E-state index >= 15 is 0 Å². The van der Waals surface area contributed by atoms with E-state index in [0.717, 1.165) is 24.2 Å². The van der Waals surface area contributed by atoms with Gasteiger partial charge in [0.1, 0.15) is 5.75 Å². The number of carbonyl (C=O) groups is 2. The molecule has 6 nitrogen and oxygen atoms in total. The molecule has 25 heavy (non-hydrogen) atoms.